The number of rotatable bonds is 12. The molecule has 3 aromatic rings. The van der Waals surface area contributed by atoms with E-state index in [2.05, 4.69) is 5.32 Å². The van der Waals surface area contributed by atoms with E-state index in [1.165, 1.54) is 17.0 Å². The number of carbonyl (C=O) groups is 2. The molecular weight excluding hydrogens is 593 g/mol. The molecule has 0 aromatic heterocycles. The third-order valence-corrected chi connectivity index (χ3v) is 10.2. The molecule has 1 unspecified atom stereocenters. The first-order valence-electron chi connectivity index (χ1n) is 14.3. The molecule has 3 aromatic carbocycles. The summed E-state index contributed by atoms with van der Waals surface area (Å²) in [7, 11) is -4.13. The molecule has 0 spiro atoms. The maximum absolute atomic E-state index is 14.3. The average Bonchev–Trinajstić information content (AvgIpc) is 3.50. The van der Waals surface area contributed by atoms with E-state index in [0.29, 0.717) is 27.7 Å². The molecule has 10 heteroatoms. The molecule has 0 aliphatic heterocycles. The van der Waals surface area contributed by atoms with Crippen molar-refractivity contribution >= 4 is 50.7 Å². The van der Waals surface area contributed by atoms with E-state index in [9.17, 15) is 18.0 Å². The Morgan fingerprint density at radius 3 is 2.10 bits per heavy atom. The van der Waals surface area contributed by atoms with Gasteiger partial charge >= 0.3 is 0 Å². The number of amides is 2. The summed E-state index contributed by atoms with van der Waals surface area (Å²) in [5, 5.41) is 3.82. The summed E-state index contributed by atoms with van der Waals surface area (Å²) in [6.45, 7) is 3.27. The molecule has 1 aliphatic rings. The largest absolute Gasteiger partial charge is 0.352 e. The first-order chi connectivity index (χ1) is 20.1. The van der Waals surface area contributed by atoms with E-state index in [1.54, 1.807) is 48.5 Å². The Bertz CT molecular complexity index is 1460. The van der Waals surface area contributed by atoms with Gasteiger partial charge in [0, 0.05) is 28.2 Å². The third-order valence-electron chi connectivity index (χ3n) is 7.72. The van der Waals surface area contributed by atoms with Crippen molar-refractivity contribution in [3.63, 3.8) is 0 Å². The Kier molecular flexibility index (Phi) is 10.9. The molecule has 0 saturated heterocycles. The minimum Gasteiger partial charge on any atom is -0.352 e. The van der Waals surface area contributed by atoms with Crippen molar-refractivity contribution in [1.82, 2.24) is 10.2 Å². The fourth-order valence-electron chi connectivity index (χ4n) is 5.29. The summed E-state index contributed by atoms with van der Waals surface area (Å²) in [5.74, 6) is -0.816. The van der Waals surface area contributed by atoms with Gasteiger partial charge < -0.3 is 10.2 Å². The first kappa shape index (κ1) is 31.9. The molecule has 224 valence electrons. The third kappa shape index (κ3) is 7.46. The highest BCUT2D eigenvalue weighted by Gasteiger charge is 2.35. The molecule has 1 saturated carbocycles. The van der Waals surface area contributed by atoms with E-state index in [4.69, 9.17) is 23.2 Å². The van der Waals surface area contributed by atoms with E-state index >= 15 is 0 Å². The Morgan fingerprint density at radius 2 is 1.52 bits per heavy atom. The summed E-state index contributed by atoms with van der Waals surface area (Å²) in [6, 6.07) is 19.4. The van der Waals surface area contributed by atoms with Gasteiger partial charge in [0.1, 0.15) is 12.6 Å². The standard InChI is InChI=1S/C32H37Cl2N3O4S/c1-3-23-17-19-25(20-18-23)37(42(40,41)26-13-6-5-7-14-26)22-31(38)36(21-27-28(33)15-10-16-29(27)34)30(4-2)32(39)35-24-11-8-9-12-24/h5-7,10,13-20,24,30H,3-4,8-9,11-12,21-22H2,1-2H3,(H,35,39). The van der Waals surface area contributed by atoms with Crippen LogP contribution >= 0.6 is 23.2 Å². The van der Waals surface area contributed by atoms with Crippen LogP contribution in [0.15, 0.2) is 77.7 Å². The van der Waals surface area contributed by atoms with Gasteiger partial charge in [-0.2, -0.15) is 0 Å². The second-order valence-corrected chi connectivity index (χ2v) is 13.2. The van der Waals surface area contributed by atoms with Crippen molar-refractivity contribution in [3.8, 4) is 0 Å². The molecule has 1 fully saturated rings. The van der Waals surface area contributed by atoms with E-state index in [1.807, 2.05) is 26.0 Å². The molecular formula is C32H37Cl2N3O4S. The van der Waals surface area contributed by atoms with Crippen LogP contribution in [0.5, 0.6) is 0 Å². The lowest BCUT2D eigenvalue weighted by Crippen LogP contribution is -2.53. The van der Waals surface area contributed by atoms with Crippen LogP contribution in [0, 0.1) is 0 Å². The molecule has 1 atom stereocenters. The smallest absolute Gasteiger partial charge is 0.264 e. The van der Waals surface area contributed by atoms with Crippen LogP contribution in [0.2, 0.25) is 10.0 Å². The maximum Gasteiger partial charge on any atom is 0.264 e. The summed E-state index contributed by atoms with van der Waals surface area (Å²) < 4.78 is 29.0. The van der Waals surface area contributed by atoms with E-state index in [0.717, 1.165) is 42.0 Å². The SMILES string of the molecule is CCc1ccc(N(CC(=O)N(Cc2c(Cl)cccc2Cl)C(CC)C(=O)NC2CCCC2)S(=O)(=O)c2ccccc2)cc1. The number of nitrogens with zero attached hydrogens (tertiary/aromatic N) is 2. The Balaban J connectivity index is 1.74. The highest BCUT2D eigenvalue weighted by molar-refractivity contribution is 7.92. The van der Waals surface area contributed by atoms with Crippen LogP contribution in [0.1, 0.15) is 57.1 Å². The summed E-state index contributed by atoms with van der Waals surface area (Å²) in [6.07, 6.45) is 4.98. The fraction of sp³-hybridized carbons (Fsp3) is 0.375. The van der Waals surface area contributed by atoms with Gasteiger partial charge in [-0.05, 0) is 67.6 Å². The van der Waals surface area contributed by atoms with Crippen molar-refractivity contribution in [2.75, 3.05) is 10.8 Å². The van der Waals surface area contributed by atoms with Gasteiger partial charge in [0.2, 0.25) is 11.8 Å². The summed E-state index contributed by atoms with van der Waals surface area (Å²) in [5.41, 5.74) is 1.88. The van der Waals surface area contributed by atoms with Crippen molar-refractivity contribution in [1.29, 1.82) is 0 Å². The number of hydrogen-bond acceptors (Lipinski definition) is 4. The number of aryl methyl sites for hydroxylation is 1. The molecule has 1 N–H and O–H groups in total. The molecule has 0 bridgehead atoms. The van der Waals surface area contributed by atoms with Gasteiger partial charge in [-0.15, -0.1) is 0 Å². The molecule has 2 amide bonds. The molecule has 42 heavy (non-hydrogen) atoms. The molecule has 0 heterocycles. The van der Waals surface area contributed by atoms with Crippen LogP contribution in [0.4, 0.5) is 5.69 Å². The van der Waals surface area contributed by atoms with Crippen LogP contribution in [-0.4, -0.2) is 43.8 Å². The number of sulfonamides is 1. The zero-order valence-corrected chi connectivity index (χ0v) is 26.3. The lowest BCUT2D eigenvalue weighted by Gasteiger charge is -2.34. The number of halogens is 2. The van der Waals surface area contributed by atoms with Gasteiger partial charge in [0.05, 0.1) is 10.6 Å². The van der Waals surface area contributed by atoms with Crippen molar-refractivity contribution in [2.24, 2.45) is 0 Å². The monoisotopic (exact) mass is 629 g/mol. The second-order valence-electron chi connectivity index (χ2n) is 10.5. The quantitative estimate of drug-likeness (QED) is 0.244. The molecule has 4 rings (SSSR count). The van der Waals surface area contributed by atoms with Gasteiger partial charge in [-0.3, -0.25) is 13.9 Å². The first-order valence-corrected chi connectivity index (χ1v) is 16.5. The molecule has 1 aliphatic carbocycles. The van der Waals surface area contributed by atoms with Gasteiger partial charge in [0.25, 0.3) is 10.0 Å². The Morgan fingerprint density at radius 1 is 0.905 bits per heavy atom. The number of carbonyl (C=O) groups excluding carboxylic acids is 2. The predicted octanol–water partition coefficient (Wildman–Crippen LogP) is 6.62. The van der Waals surface area contributed by atoms with Crippen LogP contribution in [0.3, 0.4) is 0 Å². The normalized spacial score (nSPS) is 14.4. The van der Waals surface area contributed by atoms with Crippen molar-refractivity contribution < 1.29 is 18.0 Å². The van der Waals surface area contributed by atoms with Gasteiger partial charge in [-0.1, -0.05) is 86.3 Å². The number of hydrogen-bond donors (Lipinski definition) is 1. The van der Waals surface area contributed by atoms with Crippen molar-refractivity contribution in [2.45, 2.75) is 75.9 Å². The summed E-state index contributed by atoms with van der Waals surface area (Å²) in [4.78, 5) is 29.3. The van der Waals surface area contributed by atoms with Crippen LogP contribution in [0.25, 0.3) is 0 Å². The molecule has 0 radical (unpaired) electrons. The summed E-state index contributed by atoms with van der Waals surface area (Å²) >= 11 is 13.0. The van der Waals surface area contributed by atoms with Gasteiger partial charge in [0.15, 0.2) is 0 Å². The minimum absolute atomic E-state index is 0.0536. The highest BCUT2D eigenvalue weighted by Crippen LogP contribution is 2.29. The Hall–Kier alpha value is -3.07. The van der Waals surface area contributed by atoms with Gasteiger partial charge in [-0.25, -0.2) is 8.42 Å². The average molecular weight is 631 g/mol. The number of nitrogens with one attached hydrogen (secondary N) is 1. The zero-order chi connectivity index (χ0) is 30.3. The maximum atomic E-state index is 14.3. The van der Waals surface area contributed by atoms with E-state index < -0.39 is 28.5 Å². The minimum atomic E-state index is -4.13. The number of benzene rings is 3. The second kappa shape index (κ2) is 14.4. The van der Waals surface area contributed by atoms with Crippen LogP contribution in [-0.2, 0) is 32.6 Å². The fourth-order valence-corrected chi connectivity index (χ4v) is 7.24. The lowest BCUT2D eigenvalue weighted by molar-refractivity contribution is -0.140. The lowest BCUT2D eigenvalue weighted by atomic mass is 10.1. The highest BCUT2D eigenvalue weighted by atomic mass is 35.5. The predicted molar refractivity (Wildman–Crippen MR) is 168 cm³/mol. The molecule has 7 nitrogen and oxygen atoms in total. The zero-order valence-electron chi connectivity index (χ0n) is 23.9. The topological polar surface area (TPSA) is 86.8 Å². The Labute approximate surface area is 258 Å². The number of anilines is 1. The van der Waals surface area contributed by atoms with E-state index in [-0.39, 0.29) is 23.4 Å². The van der Waals surface area contributed by atoms with Crippen molar-refractivity contribution in [3.05, 3.63) is 94.0 Å². The van der Waals surface area contributed by atoms with Crippen LogP contribution < -0.4 is 9.62 Å².